The molecule has 2 heterocycles. The molecule has 0 radical (unpaired) electrons. The lowest BCUT2D eigenvalue weighted by molar-refractivity contribution is -0.150. The van der Waals surface area contributed by atoms with Crippen molar-refractivity contribution in [2.24, 2.45) is 11.8 Å². The van der Waals surface area contributed by atoms with Crippen LogP contribution in [0.15, 0.2) is 36.5 Å². The lowest BCUT2D eigenvalue weighted by Crippen LogP contribution is -2.30. The average molecular weight is 451 g/mol. The molecule has 0 amide bonds. The van der Waals surface area contributed by atoms with Gasteiger partial charge in [0.05, 0.1) is 31.3 Å². The molecule has 0 aromatic carbocycles. The molecule has 1 fully saturated rings. The summed E-state index contributed by atoms with van der Waals surface area (Å²) in [6.45, 7) is 12.8. The number of aliphatic carboxylic acids is 1. The van der Waals surface area contributed by atoms with Gasteiger partial charge >= 0.3 is 5.97 Å². The molecule has 6 nitrogen and oxygen atoms in total. The van der Waals surface area contributed by atoms with Gasteiger partial charge in [0.15, 0.2) is 5.79 Å². The van der Waals surface area contributed by atoms with Gasteiger partial charge in [0.2, 0.25) is 0 Å². The quantitative estimate of drug-likeness (QED) is 0.383. The third kappa shape index (κ3) is 9.57. The van der Waals surface area contributed by atoms with E-state index in [1.165, 1.54) is 5.57 Å². The molecule has 2 aliphatic heterocycles. The molecule has 0 aromatic heterocycles. The van der Waals surface area contributed by atoms with Crippen LogP contribution in [0.2, 0.25) is 0 Å². The van der Waals surface area contributed by atoms with Crippen molar-refractivity contribution in [1.82, 2.24) is 0 Å². The fourth-order valence-electron chi connectivity index (χ4n) is 4.47. The summed E-state index contributed by atoms with van der Waals surface area (Å²) in [6.07, 6.45) is 12.2. The Hall–Kier alpha value is -1.47. The fraction of sp³-hybridized carbons (Fsp3) is 0.731. The van der Waals surface area contributed by atoms with Crippen molar-refractivity contribution < 1.29 is 29.2 Å². The van der Waals surface area contributed by atoms with Gasteiger partial charge in [-0.3, -0.25) is 4.79 Å². The number of carboxylic acids is 1. The first-order valence-electron chi connectivity index (χ1n) is 11.9. The summed E-state index contributed by atoms with van der Waals surface area (Å²) in [7, 11) is 0. The van der Waals surface area contributed by atoms with Crippen molar-refractivity contribution in [1.29, 1.82) is 0 Å². The second-order valence-electron chi connectivity index (χ2n) is 9.82. The van der Waals surface area contributed by atoms with Crippen molar-refractivity contribution in [3.05, 3.63) is 36.5 Å². The SMILES string of the molecule is C=C(CC(/C=C/C[C@@H](O)[C@@H]1COC(C)(C)O1)CC)C[C@H](C)C[C@@H]1CC=C[C@@H](CC(=O)O)O1. The van der Waals surface area contributed by atoms with E-state index in [2.05, 4.69) is 32.6 Å². The molecular formula is C26H42O6. The monoisotopic (exact) mass is 450 g/mol. The van der Waals surface area contributed by atoms with Crippen LogP contribution in [-0.4, -0.2) is 53.0 Å². The van der Waals surface area contributed by atoms with E-state index in [4.69, 9.17) is 19.3 Å². The first-order valence-corrected chi connectivity index (χ1v) is 11.9. The Morgan fingerprint density at radius 1 is 1.34 bits per heavy atom. The Bertz CT molecular complexity index is 667. The number of carboxylic acid groups (broad SMARTS) is 1. The van der Waals surface area contributed by atoms with Crippen molar-refractivity contribution in [3.63, 3.8) is 0 Å². The maximum absolute atomic E-state index is 10.9. The van der Waals surface area contributed by atoms with Gasteiger partial charge in [0.1, 0.15) is 6.10 Å². The predicted molar refractivity (Wildman–Crippen MR) is 125 cm³/mol. The van der Waals surface area contributed by atoms with Gasteiger partial charge in [-0.1, -0.05) is 50.3 Å². The summed E-state index contributed by atoms with van der Waals surface area (Å²) < 4.78 is 17.2. The van der Waals surface area contributed by atoms with Crippen LogP contribution in [0.1, 0.15) is 72.6 Å². The first-order chi connectivity index (χ1) is 15.1. The number of allylic oxidation sites excluding steroid dienone is 2. The molecule has 1 unspecified atom stereocenters. The van der Waals surface area contributed by atoms with Crippen molar-refractivity contribution >= 4 is 5.97 Å². The van der Waals surface area contributed by atoms with Gasteiger partial charge in [-0.25, -0.2) is 0 Å². The van der Waals surface area contributed by atoms with Crippen LogP contribution < -0.4 is 0 Å². The Morgan fingerprint density at radius 3 is 2.72 bits per heavy atom. The minimum atomic E-state index is -0.833. The van der Waals surface area contributed by atoms with Crippen molar-refractivity contribution in [2.75, 3.05) is 6.61 Å². The zero-order chi connectivity index (χ0) is 23.7. The Kier molecular flexibility index (Phi) is 10.6. The molecule has 32 heavy (non-hydrogen) atoms. The van der Waals surface area contributed by atoms with Gasteiger partial charge in [0.25, 0.3) is 0 Å². The largest absolute Gasteiger partial charge is 0.481 e. The maximum atomic E-state index is 10.9. The topological polar surface area (TPSA) is 85.2 Å². The lowest BCUT2D eigenvalue weighted by Gasteiger charge is -2.28. The zero-order valence-electron chi connectivity index (χ0n) is 20.2. The Morgan fingerprint density at radius 2 is 2.09 bits per heavy atom. The highest BCUT2D eigenvalue weighted by atomic mass is 16.7. The average Bonchev–Trinajstić information content (AvgIpc) is 3.06. The summed E-state index contributed by atoms with van der Waals surface area (Å²) in [5.74, 6) is -0.629. The summed E-state index contributed by atoms with van der Waals surface area (Å²) in [6, 6.07) is 0. The van der Waals surface area contributed by atoms with Crippen LogP contribution in [0.25, 0.3) is 0 Å². The van der Waals surface area contributed by atoms with E-state index in [0.29, 0.717) is 24.9 Å². The Labute approximate surface area is 193 Å². The van der Waals surface area contributed by atoms with Gasteiger partial charge in [-0.2, -0.15) is 0 Å². The van der Waals surface area contributed by atoms with E-state index in [1.807, 2.05) is 26.0 Å². The maximum Gasteiger partial charge on any atom is 0.306 e. The van der Waals surface area contributed by atoms with Gasteiger partial charge in [-0.15, -0.1) is 0 Å². The Balaban J connectivity index is 1.71. The van der Waals surface area contributed by atoms with E-state index >= 15 is 0 Å². The molecule has 0 aliphatic carbocycles. The predicted octanol–water partition coefficient (Wildman–Crippen LogP) is 5.02. The van der Waals surface area contributed by atoms with E-state index in [9.17, 15) is 9.90 Å². The highest BCUT2D eigenvalue weighted by Crippen LogP contribution is 2.28. The van der Waals surface area contributed by atoms with E-state index in [-0.39, 0.29) is 24.7 Å². The van der Waals surface area contributed by atoms with E-state index in [1.54, 1.807) is 0 Å². The number of aliphatic hydroxyl groups is 1. The molecule has 2 N–H and O–H groups in total. The molecule has 182 valence electrons. The molecule has 0 bridgehead atoms. The number of hydrogen-bond donors (Lipinski definition) is 2. The first kappa shape index (κ1) is 26.8. The molecule has 0 aromatic rings. The number of carbonyl (C=O) groups is 1. The number of rotatable bonds is 13. The molecule has 2 aliphatic rings. The third-order valence-corrected chi connectivity index (χ3v) is 6.12. The molecule has 6 atom stereocenters. The molecule has 0 saturated carbocycles. The smallest absolute Gasteiger partial charge is 0.306 e. The highest BCUT2D eigenvalue weighted by molar-refractivity contribution is 5.67. The van der Waals surface area contributed by atoms with Crippen molar-refractivity contribution in [3.8, 4) is 0 Å². The summed E-state index contributed by atoms with van der Waals surface area (Å²) in [5, 5.41) is 19.3. The second-order valence-corrected chi connectivity index (χ2v) is 9.82. The normalized spacial score (nSPS) is 28.0. The lowest BCUT2D eigenvalue weighted by atomic mass is 9.88. The van der Waals surface area contributed by atoms with Crippen LogP contribution in [0.5, 0.6) is 0 Å². The third-order valence-electron chi connectivity index (χ3n) is 6.12. The molecule has 2 rings (SSSR count). The molecule has 0 spiro atoms. The fourth-order valence-corrected chi connectivity index (χ4v) is 4.47. The van der Waals surface area contributed by atoms with Gasteiger partial charge in [0, 0.05) is 0 Å². The minimum absolute atomic E-state index is 0.0188. The number of ether oxygens (including phenoxy) is 3. The van der Waals surface area contributed by atoms with Crippen molar-refractivity contribution in [2.45, 2.75) is 103 Å². The number of hydrogen-bond acceptors (Lipinski definition) is 5. The van der Waals surface area contributed by atoms with Crippen LogP contribution in [0.4, 0.5) is 0 Å². The van der Waals surface area contributed by atoms with Crippen LogP contribution in [0, 0.1) is 11.8 Å². The zero-order valence-corrected chi connectivity index (χ0v) is 20.2. The van der Waals surface area contributed by atoms with Gasteiger partial charge < -0.3 is 24.4 Å². The summed E-state index contributed by atoms with van der Waals surface area (Å²) in [4.78, 5) is 10.9. The minimum Gasteiger partial charge on any atom is -0.481 e. The van der Waals surface area contributed by atoms with Gasteiger partial charge in [-0.05, 0) is 64.2 Å². The second kappa shape index (κ2) is 12.7. The van der Waals surface area contributed by atoms with Crippen LogP contribution >= 0.6 is 0 Å². The molecular weight excluding hydrogens is 408 g/mol. The van der Waals surface area contributed by atoms with Crippen LogP contribution in [0.3, 0.4) is 0 Å². The molecule has 6 heteroatoms. The van der Waals surface area contributed by atoms with E-state index < -0.39 is 17.9 Å². The number of aliphatic hydroxyl groups excluding tert-OH is 1. The molecule has 1 saturated heterocycles. The standard InChI is InChI=1S/C26H42O6/c1-6-20(9-7-12-23(27)24-17-30-26(4,5)32-24)14-18(2)13-19(3)15-21-10-8-11-22(31-21)16-25(28)29/h7-9,11,19-24,27H,2,6,10,12-17H2,1,3-5H3,(H,28,29)/b9-7+/t19-,20?,21-,22-,23+,24-/m0/s1. The summed E-state index contributed by atoms with van der Waals surface area (Å²) in [5.41, 5.74) is 1.22. The van der Waals surface area contributed by atoms with Crippen LogP contribution in [-0.2, 0) is 19.0 Å². The highest BCUT2D eigenvalue weighted by Gasteiger charge is 2.36. The summed E-state index contributed by atoms with van der Waals surface area (Å²) >= 11 is 0. The van der Waals surface area contributed by atoms with E-state index in [0.717, 1.165) is 32.1 Å².